The number of hydrogen-bond donors (Lipinski definition) is 3. The van der Waals surface area contributed by atoms with Gasteiger partial charge in [0.1, 0.15) is 0 Å². The molecule has 2 aliphatic rings. The third-order valence-electron chi connectivity index (χ3n) is 4.98. The minimum absolute atomic E-state index is 0.0436. The molecule has 24 heavy (non-hydrogen) atoms. The van der Waals surface area contributed by atoms with Gasteiger partial charge in [0, 0.05) is 43.0 Å². The molecule has 1 unspecified atom stereocenters. The lowest BCUT2D eigenvalue weighted by atomic mass is 9.89. The van der Waals surface area contributed by atoms with Crippen LogP contribution in [0.4, 0.5) is 4.79 Å². The van der Waals surface area contributed by atoms with E-state index < -0.39 is 6.09 Å². The van der Waals surface area contributed by atoms with Crippen molar-refractivity contribution in [3.63, 3.8) is 0 Å². The molecular formula is C17H22ClN3O3. The Kier molecular flexibility index (Phi) is 5.26. The van der Waals surface area contributed by atoms with Gasteiger partial charge in [-0.15, -0.1) is 0 Å². The molecule has 130 valence electrons. The van der Waals surface area contributed by atoms with Crippen molar-refractivity contribution >= 4 is 23.6 Å². The summed E-state index contributed by atoms with van der Waals surface area (Å²) in [5, 5.41) is 15.3. The maximum atomic E-state index is 12.7. The van der Waals surface area contributed by atoms with E-state index in [2.05, 4.69) is 10.6 Å². The van der Waals surface area contributed by atoms with E-state index in [1.807, 2.05) is 29.2 Å². The van der Waals surface area contributed by atoms with Crippen LogP contribution in [0.1, 0.15) is 17.9 Å². The molecule has 6 nitrogen and oxygen atoms in total. The van der Waals surface area contributed by atoms with Crippen LogP contribution in [0.25, 0.3) is 0 Å². The summed E-state index contributed by atoms with van der Waals surface area (Å²) in [6.07, 6.45) is -0.159. The van der Waals surface area contributed by atoms with Crippen LogP contribution in [0, 0.1) is 11.8 Å². The lowest BCUT2D eigenvalue weighted by Crippen LogP contribution is -2.36. The second-order valence-corrected chi connectivity index (χ2v) is 6.97. The average Bonchev–Trinajstić information content (AvgIpc) is 3.23. The van der Waals surface area contributed by atoms with Crippen LogP contribution in [-0.2, 0) is 4.79 Å². The van der Waals surface area contributed by atoms with Gasteiger partial charge in [0.15, 0.2) is 0 Å². The molecule has 3 atom stereocenters. The largest absolute Gasteiger partial charge is 0.465 e. The second kappa shape index (κ2) is 7.40. The molecule has 0 spiro atoms. The quantitative estimate of drug-likeness (QED) is 0.772. The zero-order valence-corrected chi connectivity index (χ0v) is 14.1. The number of hydrogen-bond acceptors (Lipinski definition) is 3. The lowest BCUT2D eigenvalue weighted by Gasteiger charge is -2.20. The van der Waals surface area contributed by atoms with E-state index in [0.717, 1.165) is 25.1 Å². The highest BCUT2D eigenvalue weighted by atomic mass is 35.5. The van der Waals surface area contributed by atoms with Gasteiger partial charge in [0.25, 0.3) is 0 Å². The number of rotatable bonds is 4. The molecule has 2 saturated heterocycles. The highest BCUT2D eigenvalue weighted by molar-refractivity contribution is 6.30. The summed E-state index contributed by atoms with van der Waals surface area (Å²) >= 11 is 5.96. The van der Waals surface area contributed by atoms with E-state index in [1.165, 1.54) is 0 Å². The minimum atomic E-state index is -1.03. The summed E-state index contributed by atoms with van der Waals surface area (Å²) in [6, 6.07) is 7.60. The SMILES string of the molecule is O=C(O)NC[C@H]1CN(C(=O)C2CCNC2)C[C@H]1c1ccc(Cl)cc1. The highest BCUT2D eigenvalue weighted by Gasteiger charge is 2.38. The summed E-state index contributed by atoms with van der Waals surface area (Å²) in [5.74, 6) is 0.409. The maximum Gasteiger partial charge on any atom is 0.404 e. The molecule has 7 heteroatoms. The Morgan fingerprint density at radius 1 is 1.29 bits per heavy atom. The molecule has 2 fully saturated rings. The Labute approximate surface area is 146 Å². The molecule has 0 aromatic heterocycles. The van der Waals surface area contributed by atoms with Gasteiger partial charge in [0.2, 0.25) is 5.91 Å². The van der Waals surface area contributed by atoms with Crippen molar-refractivity contribution in [1.82, 2.24) is 15.5 Å². The molecule has 2 aliphatic heterocycles. The fourth-order valence-corrected chi connectivity index (χ4v) is 3.81. The number of nitrogens with zero attached hydrogens (tertiary/aromatic N) is 1. The normalized spacial score (nSPS) is 26.5. The summed E-state index contributed by atoms with van der Waals surface area (Å²) < 4.78 is 0. The number of carbonyl (C=O) groups excluding carboxylic acids is 1. The molecule has 0 saturated carbocycles. The van der Waals surface area contributed by atoms with Crippen molar-refractivity contribution in [3.8, 4) is 0 Å². The van der Waals surface area contributed by atoms with Crippen molar-refractivity contribution < 1.29 is 14.7 Å². The number of carbonyl (C=O) groups is 2. The first-order chi connectivity index (χ1) is 11.5. The number of likely N-dealkylation sites (tertiary alicyclic amines) is 1. The molecule has 2 heterocycles. The van der Waals surface area contributed by atoms with E-state index in [0.29, 0.717) is 24.7 Å². The number of benzene rings is 1. The zero-order chi connectivity index (χ0) is 17.1. The molecule has 1 aromatic rings. The predicted octanol–water partition coefficient (Wildman–Crippen LogP) is 1.76. The van der Waals surface area contributed by atoms with Crippen LogP contribution in [0.3, 0.4) is 0 Å². The molecule has 3 rings (SSSR count). The van der Waals surface area contributed by atoms with Gasteiger partial charge in [-0.2, -0.15) is 0 Å². The van der Waals surface area contributed by atoms with Gasteiger partial charge in [0.05, 0.1) is 5.92 Å². The molecule has 2 amide bonds. The average molecular weight is 352 g/mol. The second-order valence-electron chi connectivity index (χ2n) is 6.54. The summed E-state index contributed by atoms with van der Waals surface area (Å²) in [7, 11) is 0. The highest BCUT2D eigenvalue weighted by Crippen LogP contribution is 2.34. The molecule has 1 aromatic carbocycles. The predicted molar refractivity (Wildman–Crippen MR) is 91.3 cm³/mol. The van der Waals surface area contributed by atoms with Crippen molar-refractivity contribution in [2.45, 2.75) is 12.3 Å². The topological polar surface area (TPSA) is 81.7 Å². The zero-order valence-electron chi connectivity index (χ0n) is 13.4. The van der Waals surface area contributed by atoms with E-state index >= 15 is 0 Å². The third kappa shape index (κ3) is 3.82. The van der Waals surface area contributed by atoms with E-state index in [4.69, 9.17) is 16.7 Å². The molecule has 0 radical (unpaired) electrons. The Bertz CT molecular complexity index is 602. The number of nitrogens with one attached hydrogen (secondary N) is 2. The van der Waals surface area contributed by atoms with Crippen LogP contribution in [0.2, 0.25) is 5.02 Å². The van der Waals surface area contributed by atoms with E-state index in [-0.39, 0.29) is 23.7 Å². The fraction of sp³-hybridized carbons (Fsp3) is 0.529. The number of carboxylic acid groups (broad SMARTS) is 1. The first-order valence-corrected chi connectivity index (χ1v) is 8.64. The van der Waals surface area contributed by atoms with Crippen LogP contribution in [0.5, 0.6) is 0 Å². The summed E-state index contributed by atoms with van der Waals surface area (Å²) in [4.78, 5) is 25.4. The van der Waals surface area contributed by atoms with Crippen LogP contribution in [0.15, 0.2) is 24.3 Å². The van der Waals surface area contributed by atoms with Crippen LogP contribution >= 0.6 is 11.6 Å². The number of halogens is 1. The summed E-state index contributed by atoms with van der Waals surface area (Å²) in [5.41, 5.74) is 1.09. The Morgan fingerprint density at radius 3 is 2.67 bits per heavy atom. The molecule has 3 N–H and O–H groups in total. The minimum Gasteiger partial charge on any atom is -0.465 e. The standard InChI is InChI=1S/C17H22ClN3O3/c18-14-3-1-11(2-4-14)15-10-21(9-13(15)8-20-17(23)24)16(22)12-5-6-19-7-12/h1-4,12-13,15,19-20H,5-10H2,(H,23,24)/t12?,13-,15-/m0/s1. The van der Waals surface area contributed by atoms with Crippen molar-refractivity contribution in [2.24, 2.45) is 11.8 Å². The van der Waals surface area contributed by atoms with Crippen LogP contribution < -0.4 is 10.6 Å². The maximum absolute atomic E-state index is 12.7. The van der Waals surface area contributed by atoms with E-state index in [1.54, 1.807) is 0 Å². The van der Waals surface area contributed by atoms with Gasteiger partial charge >= 0.3 is 6.09 Å². The monoisotopic (exact) mass is 351 g/mol. The van der Waals surface area contributed by atoms with Crippen molar-refractivity contribution in [1.29, 1.82) is 0 Å². The smallest absolute Gasteiger partial charge is 0.404 e. The fourth-order valence-electron chi connectivity index (χ4n) is 3.69. The first kappa shape index (κ1) is 17.0. The van der Waals surface area contributed by atoms with Gasteiger partial charge in [-0.05, 0) is 30.7 Å². The van der Waals surface area contributed by atoms with Crippen molar-refractivity contribution in [3.05, 3.63) is 34.9 Å². The van der Waals surface area contributed by atoms with Gasteiger partial charge in [-0.1, -0.05) is 23.7 Å². The van der Waals surface area contributed by atoms with Crippen molar-refractivity contribution in [2.75, 3.05) is 32.7 Å². The van der Waals surface area contributed by atoms with Gasteiger partial charge in [-0.3, -0.25) is 4.79 Å². The van der Waals surface area contributed by atoms with Crippen LogP contribution in [-0.4, -0.2) is 54.7 Å². The van der Waals surface area contributed by atoms with Gasteiger partial charge < -0.3 is 20.6 Å². The molecular weight excluding hydrogens is 330 g/mol. The number of amides is 2. The Balaban J connectivity index is 1.74. The summed E-state index contributed by atoms with van der Waals surface area (Å²) in [6.45, 7) is 3.18. The van der Waals surface area contributed by atoms with E-state index in [9.17, 15) is 9.59 Å². The van der Waals surface area contributed by atoms with Gasteiger partial charge in [-0.25, -0.2) is 4.79 Å². The molecule has 0 aliphatic carbocycles. The third-order valence-corrected chi connectivity index (χ3v) is 5.23. The lowest BCUT2D eigenvalue weighted by molar-refractivity contribution is -0.134. The Morgan fingerprint density at radius 2 is 2.04 bits per heavy atom. The molecule has 0 bridgehead atoms. The first-order valence-electron chi connectivity index (χ1n) is 8.26. The Hall–Kier alpha value is -1.79.